The highest BCUT2D eigenvalue weighted by atomic mass is 16.5. The molecule has 0 unspecified atom stereocenters. The fraction of sp³-hybridized carbons (Fsp3) is 0.143. The number of pyridine rings is 1. The SMILES string of the molecule is COc1cccc(OC)c1C(=O)Nc1ccccn1. The molecule has 0 spiro atoms. The van der Waals surface area contributed by atoms with Gasteiger partial charge in [0.1, 0.15) is 22.9 Å². The molecule has 2 rings (SSSR count). The number of methoxy groups -OCH3 is 2. The fourth-order valence-electron chi connectivity index (χ4n) is 1.69. The molecule has 19 heavy (non-hydrogen) atoms. The van der Waals surface area contributed by atoms with Crippen LogP contribution < -0.4 is 14.8 Å². The molecule has 0 atom stereocenters. The van der Waals surface area contributed by atoms with Gasteiger partial charge in [0.15, 0.2) is 0 Å². The van der Waals surface area contributed by atoms with Crippen LogP contribution in [-0.2, 0) is 0 Å². The lowest BCUT2D eigenvalue weighted by Crippen LogP contribution is -2.15. The molecule has 2 aromatic rings. The van der Waals surface area contributed by atoms with E-state index in [1.807, 2.05) is 0 Å². The molecule has 0 saturated carbocycles. The van der Waals surface area contributed by atoms with E-state index < -0.39 is 0 Å². The van der Waals surface area contributed by atoms with E-state index in [1.165, 1.54) is 14.2 Å². The third-order valence-corrected chi connectivity index (χ3v) is 2.56. The molecule has 1 heterocycles. The third-order valence-electron chi connectivity index (χ3n) is 2.56. The first-order valence-electron chi connectivity index (χ1n) is 5.69. The summed E-state index contributed by atoms with van der Waals surface area (Å²) in [4.78, 5) is 16.3. The maximum absolute atomic E-state index is 12.3. The number of hydrogen-bond acceptors (Lipinski definition) is 4. The number of anilines is 1. The second-order valence-electron chi connectivity index (χ2n) is 3.71. The Morgan fingerprint density at radius 1 is 1.05 bits per heavy atom. The minimum atomic E-state index is -0.326. The summed E-state index contributed by atoms with van der Waals surface area (Å²) in [7, 11) is 3.01. The molecule has 1 amide bonds. The Morgan fingerprint density at radius 3 is 2.26 bits per heavy atom. The summed E-state index contributed by atoms with van der Waals surface area (Å²) in [5.74, 6) is 1.05. The molecule has 98 valence electrons. The first-order chi connectivity index (χ1) is 9.26. The number of aromatic nitrogens is 1. The number of hydrogen-bond donors (Lipinski definition) is 1. The molecule has 0 saturated heterocycles. The highest BCUT2D eigenvalue weighted by Gasteiger charge is 2.18. The van der Waals surface area contributed by atoms with Crippen molar-refractivity contribution >= 4 is 11.7 Å². The molecule has 0 aliphatic carbocycles. The Balaban J connectivity index is 2.33. The van der Waals surface area contributed by atoms with Gasteiger partial charge in [-0.2, -0.15) is 0 Å². The molecule has 5 nitrogen and oxygen atoms in total. The van der Waals surface area contributed by atoms with Crippen molar-refractivity contribution < 1.29 is 14.3 Å². The number of nitrogens with zero attached hydrogens (tertiary/aromatic N) is 1. The summed E-state index contributed by atoms with van der Waals surface area (Å²) in [6.45, 7) is 0. The van der Waals surface area contributed by atoms with E-state index in [-0.39, 0.29) is 5.91 Å². The van der Waals surface area contributed by atoms with E-state index in [1.54, 1.807) is 42.6 Å². The second kappa shape index (κ2) is 5.86. The van der Waals surface area contributed by atoms with Crippen molar-refractivity contribution in [3.8, 4) is 11.5 Å². The molecular formula is C14H14N2O3. The Bertz CT molecular complexity index is 548. The summed E-state index contributed by atoms with van der Waals surface area (Å²) in [6, 6.07) is 10.4. The van der Waals surface area contributed by atoms with Crippen LogP contribution in [0.3, 0.4) is 0 Å². The predicted molar refractivity (Wildman–Crippen MR) is 71.7 cm³/mol. The van der Waals surface area contributed by atoms with Gasteiger partial charge in [0.2, 0.25) is 0 Å². The average Bonchev–Trinajstić information content (AvgIpc) is 2.47. The minimum absolute atomic E-state index is 0.326. The van der Waals surface area contributed by atoms with Crippen molar-refractivity contribution in [3.63, 3.8) is 0 Å². The Morgan fingerprint density at radius 2 is 1.74 bits per heavy atom. The molecular weight excluding hydrogens is 244 g/mol. The fourth-order valence-corrected chi connectivity index (χ4v) is 1.69. The van der Waals surface area contributed by atoms with E-state index >= 15 is 0 Å². The van der Waals surface area contributed by atoms with E-state index in [2.05, 4.69) is 10.3 Å². The Labute approximate surface area is 111 Å². The summed E-state index contributed by atoms with van der Waals surface area (Å²) in [5, 5.41) is 2.70. The van der Waals surface area contributed by atoms with E-state index in [0.29, 0.717) is 22.9 Å². The zero-order valence-corrected chi connectivity index (χ0v) is 10.7. The Kier molecular flexibility index (Phi) is 3.97. The van der Waals surface area contributed by atoms with Crippen LogP contribution in [0.1, 0.15) is 10.4 Å². The van der Waals surface area contributed by atoms with Crippen LogP contribution in [0.4, 0.5) is 5.82 Å². The first-order valence-corrected chi connectivity index (χ1v) is 5.69. The monoisotopic (exact) mass is 258 g/mol. The van der Waals surface area contributed by atoms with Crippen molar-refractivity contribution in [1.29, 1.82) is 0 Å². The number of rotatable bonds is 4. The highest BCUT2D eigenvalue weighted by molar-refractivity contribution is 6.07. The van der Waals surface area contributed by atoms with Gasteiger partial charge in [0.05, 0.1) is 14.2 Å². The molecule has 0 aliphatic heterocycles. The summed E-state index contributed by atoms with van der Waals surface area (Å²) in [6.07, 6.45) is 1.61. The zero-order valence-electron chi connectivity index (χ0n) is 10.7. The topological polar surface area (TPSA) is 60.5 Å². The largest absolute Gasteiger partial charge is 0.496 e. The number of amides is 1. The molecule has 0 radical (unpaired) electrons. The Hall–Kier alpha value is -2.56. The van der Waals surface area contributed by atoms with Gasteiger partial charge in [-0.3, -0.25) is 4.79 Å². The molecule has 5 heteroatoms. The quantitative estimate of drug-likeness (QED) is 0.914. The second-order valence-corrected chi connectivity index (χ2v) is 3.71. The van der Waals surface area contributed by atoms with Crippen LogP contribution in [0, 0.1) is 0 Å². The van der Waals surface area contributed by atoms with Gasteiger partial charge < -0.3 is 14.8 Å². The smallest absolute Gasteiger partial charge is 0.264 e. The zero-order chi connectivity index (χ0) is 13.7. The van der Waals surface area contributed by atoms with E-state index in [9.17, 15) is 4.79 Å². The van der Waals surface area contributed by atoms with Crippen LogP contribution in [0.25, 0.3) is 0 Å². The number of benzene rings is 1. The molecule has 0 aliphatic rings. The lowest BCUT2D eigenvalue weighted by atomic mass is 10.1. The molecule has 1 aromatic carbocycles. The van der Waals surface area contributed by atoms with E-state index in [0.717, 1.165) is 0 Å². The van der Waals surface area contributed by atoms with Gasteiger partial charge in [-0.15, -0.1) is 0 Å². The third kappa shape index (κ3) is 2.82. The highest BCUT2D eigenvalue weighted by Crippen LogP contribution is 2.28. The van der Waals surface area contributed by atoms with Crippen molar-refractivity contribution in [2.24, 2.45) is 0 Å². The standard InChI is InChI=1S/C14H14N2O3/c1-18-10-6-5-7-11(19-2)13(10)14(17)16-12-8-3-4-9-15-12/h3-9H,1-2H3,(H,15,16,17). The number of carbonyl (C=O) groups excluding carboxylic acids is 1. The first kappa shape index (κ1) is 12.9. The lowest BCUT2D eigenvalue weighted by Gasteiger charge is -2.12. The van der Waals surface area contributed by atoms with Crippen LogP contribution >= 0.6 is 0 Å². The van der Waals surface area contributed by atoms with Crippen molar-refractivity contribution in [2.75, 3.05) is 19.5 Å². The lowest BCUT2D eigenvalue weighted by molar-refractivity contribution is 0.102. The summed E-state index contributed by atoms with van der Waals surface area (Å²) in [5.41, 5.74) is 0.346. The van der Waals surface area contributed by atoms with Gasteiger partial charge in [-0.1, -0.05) is 12.1 Å². The van der Waals surface area contributed by atoms with Crippen LogP contribution in [0.5, 0.6) is 11.5 Å². The predicted octanol–water partition coefficient (Wildman–Crippen LogP) is 2.35. The number of carbonyl (C=O) groups is 1. The van der Waals surface area contributed by atoms with Crippen molar-refractivity contribution in [2.45, 2.75) is 0 Å². The van der Waals surface area contributed by atoms with E-state index in [4.69, 9.17) is 9.47 Å². The van der Waals surface area contributed by atoms with Gasteiger partial charge >= 0.3 is 0 Å². The van der Waals surface area contributed by atoms with Gasteiger partial charge in [0.25, 0.3) is 5.91 Å². The number of ether oxygens (including phenoxy) is 2. The maximum atomic E-state index is 12.3. The molecule has 1 N–H and O–H groups in total. The van der Waals surface area contributed by atoms with Crippen LogP contribution in [-0.4, -0.2) is 25.1 Å². The van der Waals surface area contributed by atoms with Gasteiger partial charge in [-0.25, -0.2) is 4.98 Å². The normalized spacial score (nSPS) is 9.79. The van der Waals surface area contributed by atoms with Crippen molar-refractivity contribution in [1.82, 2.24) is 4.98 Å². The van der Waals surface area contributed by atoms with Crippen LogP contribution in [0.15, 0.2) is 42.6 Å². The average molecular weight is 258 g/mol. The maximum Gasteiger partial charge on any atom is 0.264 e. The summed E-state index contributed by atoms with van der Waals surface area (Å²) < 4.78 is 10.4. The minimum Gasteiger partial charge on any atom is -0.496 e. The molecule has 0 fully saturated rings. The molecule has 1 aromatic heterocycles. The van der Waals surface area contributed by atoms with Gasteiger partial charge in [0, 0.05) is 6.20 Å². The number of nitrogens with one attached hydrogen (secondary N) is 1. The van der Waals surface area contributed by atoms with Crippen LogP contribution in [0.2, 0.25) is 0 Å². The van der Waals surface area contributed by atoms with Gasteiger partial charge in [-0.05, 0) is 24.3 Å². The molecule has 0 bridgehead atoms. The summed E-state index contributed by atoms with van der Waals surface area (Å²) >= 11 is 0. The van der Waals surface area contributed by atoms with Crippen molar-refractivity contribution in [3.05, 3.63) is 48.2 Å².